The van der Waals surface area contributed by atoms with Gasteiger partial charge in [-0.1, -0.05) is 13.8 Å². The molecule has 0 bridgehead atoms. The van der Waals surface area contributed by atoms with Crippen LogP contribution in [0.25, 0.3) is 0 Å². The van der Waals surface area contributed by atoms with E-state index in [2.05, 4.69) is 12.6 Å². The minimum Gasteiger partial charge on any atom is -0.368 e. The predicted octanol–water partition coefficient (Wildman–Crippen LogP) is 1.03. The summed E-state index contributed by atoms with van der Waals surface area (Å²) >= 11 is 4.24. The highest BCUT2D eigenvalue weighted by atomic mass is 32.1. The van der Waals surface area contributed by atoms with Gasteiger partial charge in [0.2, 0.25) is 0 Å². The summed E-state index contributed by atoms with van der Waals surface area (Å²) in [5, 5.41) is 17.7. The summed E-state index contributed by atoms with van der Waals surface area (Å²) in [6, 6.07) is 0. The molecule has 0 aliphatic carbocycles. The molecule has 10 heavy (non-hydrogen) atoms. The standard InChI is InChI=1S/C7H16O2S/c1-3-6(10)4-5(2)7(8)9/h5-10H,3-4H2,1-2H3. The Labute approximate surface area is 67.7 Å². The lowest BCUT2D eigenvalue weighted by Gasteiger charge is -2.16. The molecule has 0 aliphatic rings. The Balaban J connectivity index is 3.46. The number of hydrogen-bond donors (Lipinski definition) is 3. The first-order valence-corrected chi connectivity index (χ1v) is 4.13. The SMILES string of the molecule is CCC(S)CC(C)C(O)O. The summed E-state index contributed by atoms with van der Waals surface area (Å²) in [4.78, 5) is 0. The lowest BCUT2D eigenvalue weighted by molar-refractivity contribution is -0.0803. The van der Waals surface area contributed by atoms with E-state index in [1.54, 1.807) is 0 Å². The molecule has 0 amide bonds. The van der Waals surface area contributed by atoms with Crippen LogP contribution in [0.5, 0.6) is 0 Å². The van der Waals surface area contributed by atoms with Crippen molar-refractivity contribution < 1.29 is 10.2 Å². The van der Waals surface area contributed by atoms with Gasteiger partial charge in [-0.15, -0.1) is 0 Å². The van der Waals surface area contributed by atoms with Crippen LogP contribution in [0.2, 0.25) is 0 Å². The average molecular weight is 164 g/mol. The number of aliphatic hydroxyl groups excluding tert-OH is 1. The van der Waals surface area contributed by atoms with E-state index in [-0.39, 0.29) is 11.2 Å². The number of hydrogen-bond acceptors (Lipinski definition) is 3. The van der Waals surface area contributed by atoms with Crippen LogP contribution in [-0.2, 0) is 0 Å². The highest BCUT2D eigenvalue weighted by Gasteiger charge is 2.13. The molecule has 0 aromatic rings. The van der Waals surface area contributed by atoms with Gasteiger partial charge in [0, 0.05) is 11.2 Å². The van der Waals surface area contributed by atoms with Gasteiger partial charge in [0.1, 0.15) is 0 Å². The Bertz CT molecular complexity index is 85.7. The fourth-order valence-corrected chi connectivity index (χ4v) is 1.05. The van der Waals surface area contributed by atoms with Gasteiger partial charge in [0.15, 0.2) is 6.29 Å². The number of rotatable bonds is 4. The van der Waals surface area contributed by atoms with Crippen molar-refractivity contribution in [1.29, 1.82) is 0 Å². The first-order chi connectivity index (χ1) is 4.57. The summed E-state index contributed by atoms with van der Waals surface area (Å²) in [6.45, 7) is 3.84. The van der Waals surface area contributed by atoms with E-state index in [1.165, 1.54) is 0 Å². The highest BCUT2D eigenvalue weighted by molar-refractivity contribution is 7.80. The second kappa shape index (κ2) is 4.99. The second-order valence-electron chi connectivity index (χ2n) is 2.69. The number of aliphatic hydroxyl groups is 2. The Morgan fingerprint density at radius 3 is 2.20 bits per heavy atom. The van der Waals surface area contributed by atoms with E-state index < -0.39 is 6.29 Å². The van der Waals surface area contributed by atoms with Crippen LogP contribution in [0.3, 0.4) is 0 Å². The molecule has 0 aromatic heterocycles. The third-order valence-corrected chi connectivity index (χ3v) is 2.20. The Morgan fingerprint density at radius 2 is 1.90 bits per heavy atom. The van der Waals surface area contributed by atoms with Crippen LogP contribution < -0.4 is 0 Å². The molecule has 0 heterocycles. The molecule has 62 valence electrons. The van der Waals surface area contributed by atoms with E-state index in [1.807, 2.05) is 13.8 Å². The minimum atomic E-state index is -1.19. The third kappa shape index (κ3) is 4.14. The molecule has 0 radical (unpaired) electrons. The van der Waals surface area contributed by atoms with Crippen molar-refractivity contribution in [3.63, 3.8) is 0 Å². The van der Waals surface area contributed by atoms with Crippen molar-refractivity contribution in [2.24, 2.45) is 5.92 Å². The predicted molar refractivity (Wildman–Crippen MR) is 45.1 cm³/mol. The van der Waals surface area contributed by atoms with Crippen LogP contribution in [0.4, 0.5) is 0 Å². The van der Waals surface area contributed by atoms with E-state index >= 15 is 0 Å². The van der Waals surface area contributed by atoms with Crippen molar-refractivity contribution >= 4 is 12.6 Å². The minimum absolute atomic E-state index is 0.0672. The van der Waals surface area contributed by atoms with Gasteiger partial charge in [0.05, 0.1) is 0 Å². The maximum Gasteiger partial charge on any atom is 0.154 e. The van der Waals surface area contributed by atoms with Gasteiger partial charge in [-0.2, -0.15) is 12.6 Å². The van der Waals surface area contributed by atoms with Crippen molar-refractivity contribution in [1.82, 2.24) is 0 Å². The molecule has 2 nitrogen and oxygen atoms in total. The lowest BCUT2D eigenvalue weighted by atomic mass is 10.0. The third-order valence-electron chi connectivity index (χ3n) is 1.62. The fourth-order valence-electron chi connectivity index (χ4n) is 0.718. The Kier molecular flexibility index (Phi) is 5.13. The monoisotopic (exact) mass is 164 g/mol. The normalized spacial score (nSPS) is 17.4. The highest BCUT2D eigenvalue weighted by Crippen LogP contribution is 2.15. The van der Waals surface area contributed by atoms with E-state index in [4.69, 9.17) is 10.2 Å². The molecule has 2 unspecified atom stereocenters. The maximum atomic E-state index is 8.69. The summed E-state index contributed by atoms with van der Waals surface area (Å²) < 4.78 is 0. The largest absolute Gasteiger partial charge is 0.368 e. The Morgan fingerprint density at radius 1 is 1.40 bits per heavy atom. The summed E-state index contributed by atoms with van der Waals surface area (Å²) in [5.74, 6) is -0.0672. The molecule has 0 fully saturated rings. The van der Waals surface area contributed by atoms with E-state index in [0.29, 0.717) is 0 Å². The Hall–Kier alpha value is 0.270. The average Bonchev–Trinajstić information content (AvgIpc) is 1.87. The quantitative estimate of drug-likeness (QED) is 0.429. The topological polar surface area (TPSA) is 40.5 Å². The van der Waals surface area contributed by atoms with E-state index in [9.17, 15) is 0 Å². The molecule has 0 spiro atoms. The van der Waals surface area contributed by atoms with Crippen LogP contribution in [-0.4, -0.2) is 21.8 Å². The molecular formula is C7H16O2S. The smallest absolute Gasteiger partial charge is 0.154 e. The van der Waals surface area contributed by atoms with Gasteiger partial charge in [0.25, 0.3) is 0 Å². The van der Waals surface area contributed by atoms with Crippen LogP contribution in [0.15, 0.2) is 0 Å². The molecule has 3 heteroatoms. The summed E-state index contributed by atoms with van der Waals surface area (Å²) in [7, 11) is 0. The zero-order valence-corrected chi connectivity index (χ0v) is 7.38. The van der Waals surface area contributed by atoms with Gasteiger partial charge in [-0.3, -0.25) is 0 Å². The summed E-state index contributed by atoms with van der Waals surface area (Å²) in [5.41, 5.74) is 0. The molecule has 2 atom stereocenters. The first-order valence-electron chi connectivity index (χ1n) is 3.62. The fraction of sp³-hybridized carbons (Fsp3) is 1.00. The summed E-state index contributed by atoms with van der Waals surface area (Å²) in [6.07, 6.45) is 0.540. The maximum absolute atomic E-state index is 8.69. The molecule has 0 rings (SSSR count). The van der Waals surface area contributed by atoms with Crippen molar-refractivity contribution in [2.45, 2.75) is 38.2 Å². The van der Waals surface area contributed by atoms with Gasteiger partial charge >= 0.3 is 0 Å². The molecule has 0 saturated heterocycles. The van der Waals surface area contributed by atoms with Crippen molar-refractivity contribution in [3.05, 3.63) is 0 Å². The van der Waals surface area contributed by atoms with Crippen molar-refractivity contribution in [2.75, 3.05) is 0 Å². The van der Waals surface area contributed by atoms with Crippen LogP contribution in [0, 0.1) is 5.92 Å². The first kappa shape index (κ1) is 10.3. The van der Waals surface area contributed by atoms with Crippen LogP contribution >= 0.6 is 12.6 Å². The molecule has 0 saturated carbocycles. The molecule has 2 N–H and O–H groups in total. The van der Waals surface area contributed by atoms with Crippen molar-refractivity contribution in [3.8, 4) is 0 Å². The zero-order valence-electron chi connectivity index (χ0n) is 6.49. The van der Waals surface area contributed by atoms with Gasteiger partial charge < -0.3 is 10.2 Å². The van der Waals surface area contributed by atoms with E-state index in [0.717, 1.165) is 12.8 Å². The molecular weight excluding hydrogens is 148 g/mol. The number of thiol groups is 1. The second-order valence-corrected chi connectivity index (χ2v) is 3.42. The van der Waals surface area contributed by atoms with Gasteiger partial charge in [-0.25, -0.2) is 0 Å². The van der Waals surface area contributed by atoms with Gasteiger partial charge in [-0.05, 0) is 12.8 Å². The molecule has 0 aliphatic heterocycles. The zero-order chi connectivity index (χ0) is 8.15. The lowest BCUT2D eigenvalue weighted by Crippen LogP contribution is -2.19. The molecule has 0 aromatic carbocycles. The van der Waals surface area contributed by atoms with Crippen LogP contribution in [0.1, 0.15) is 26.7 Å².